The van der Waals surface area contributed by atoms with Crippen LogP contribution in [0.3, 0.4) is 0 Å². The van der Waals surface area contributed by atoms with Crippen LogP contribution in [0.4, 0.5) is 4.79 Å². The Kier molecular flexibility index (Phi) is 4.11. The first-order valence-corrected chi connectivity index (χ1v) is 9.74. The number of pyridine rings is 2. The maximum atomic E-state index is 12.8. The van der Waals surface area contributed by atoms with Crippen LogP contribution in [-0.4, -0.2) is 33.6 Å². The molecule has 1 aromatic carbocycles. The Bertz CT molecular complexity index is 1100. The molecule has 6 heteroatoms. The van der Waals surface area contributed by atoms with Crippen LogP contribution in [0, 0.1) is 5.92 Å². The zero-order chi connectivity index (χ0) is 19.1. The third-order valence-corrected chi connectivity index (χ3v) is 5.91. The molecular formula is C22H22N4O2. The number of fused-ring (bicyclic) bond motifs is 5. The van der Waals surface area contributed by atoms with Crippen molar-refractivity contribution in [3.8, 4) is 0 Å². The molecule has 2 aliphatic heterocycles. The average molecular weight is 374 g/mol. The summed E-state index contributed by atoms with van der Waals surface area (Å²) in [7, 11) is 0. The number of hydrogen-bond acceptors (Lipinski definition) is 3. The number of likely N-dealkylation sites (tertiary alicyclic amines) is 1. The van der Waals surface area contributed by atoms with Crippen molar-refractivity contribution in [3.05, 3.63) is 76.3 Å². The quantitative estimate of drug-likeness (QED) is 0.750. The van der Waals surface area contributed by atoms with Gasteiger partial charge in [0.25, 0.3) is 5.56 Å². The molecule has 2 atom stereocenters. The highest BCUT2D eigenvalue weighted by Gasteiger charge is 2.36. The topological polar surface area (TPSA) is 67.2 Å². The summed E-state index contributed by atoms with van der Waals surface area (Å²) in [6.07, 6.45) is 2.82. The van der Waals surface area contributed by atoms with E-state index in [2.05, 4.69) is 10.3 Å². The van der Waals surface area contributed by atoms with Crippen LogP contribution < -0.4 is 10.9 Å². The smallest absolute Gasteiger partial charge is 0.317 e. The molecule has 28 heavy (non-hydrogen) atoms. The monoisotopic (exact) mass is 374 g/mol. The van der Waals surface area contributed by atoms with Crippen molar-refractivity contribution in [1.82, 2.24) is 19.8 Å². The molecule has 0 spiro atoms. The summed E-state index contributed by atoms with van der Waals surface area (Å²) in [6.45, 7) is 2.49. The lowest BCUT2D eigenvalue weighted by molar-refractivity contribution is 0.131. The molecule has 1 fully saturated rings. The van der Waals surface area contributed by atoms with Gasteiger partial charge in [-0.05, 0) is 30.0 Å². The summed E-state index contributed by atoms with van der Waals surface area (Å²) in [5.41, 5.74) is 3.06. The van der Waals surface area contributed by atoms with Gasteiger partial charge in [0.15, 0.2) is 0 Å². The minimum atomic E-state index is -0.0469. The molecule has 1 saturated heterocycles. The van der Waals surface area contributed by atoms with E-state index >= 15 is 0 Å². The van der Waals surface area contributed by atoms with Crippen molar-refractivity contribution in [2.75, 3.05) is 13.1 Å². The van der Waals surface area contributed by atoms with E-state index in [9.17, 15) is 9.59 Å². The number of nitrogens with one attached hydrogen (secondary N) is 1. The number of hydrogen-bond donors (Lipinski definition) is 1. The van der Waals surface area contributed by atoms with Gasteiger partial charge in [-0.25, -0.2) is 4.79 Å². The number of aromatic nitrogens is 2. The minimum absolute atomic E-state index is 0.0469. The van der Waals surface area contributed by atoms with Gasteiger partial charge in [-0.1, -0.05) is 30.3 Å². The fourth-order valence-electron chi connectivity index (χ4n) is 4.65. The van der Waals surface area contributed by atoms with E-state index < -0.39 is 0 Å². The number of rotatable bonds is 2. The number of urea groups is 1. The fraction of sp³-hybridized carbons (Fsp3) is 0.318. The first kappa shape index (κ1) is 17.0. The van der Waals surface area contributed by atoms with Gasteiger partial charge in [0.1, 0.15) is 0 Å². The van der Waals surface area contributed by atoms with E-state index in [0.29, 0.717) is 32.1 Å². The van der Waals surface area contributed by atoms with Crippen molar-refractivity contribution in [1.29, 1.82) is 0 Å². The molecule has 0 radical (unpaired) electrons. The summed E-state index contributed by atoms with van der Waals surface area (Å²) in [4.78, 5) is 31.3. The summed E-state index contributed by atoms with van der Waals surface area (Å²) in [5.74, 6) is 0.558. The Morgan fingerprint density at radius 3 is 2.86 bits per heavy atom. The van der Waals surface area contributed by atoms with Crippen LogP contribution in [0.1, 0.15) is 23.6 Å². The molecule has 4 heterocycles. The third-order valence-electron chi connectivity index (χ3n) is 5.91. The zero-order valence-corrected chi connectivity index (χ0v) is 15.5. The van der Waals surface area contributed by atoms with E-state index in [4.69, 9.17) is 0 Å². The maximum Gasteiger partial charge on any atom is 0.317 e. The SMILES string of the molecule is O=C(NCc1cccc2cccnc12)N1C[C@@H]2C[C@H](C1)c1cccc(=O)n1C2. The lowest BCUT2D eigenvalue weighted by Gasteiger charge is -2.42. The van der Waals surface area contributed by atoms with Crippen molar-refractivity contribution in [2.45, 2.75) is 25.4 Å². The number of piperidine rings is 1. The number of nitrogens with zero attached hydrogens (tertiary/aromatic N) is 3. The molecule has 0 unspecified atom stereocenters. The molecule has 2 aromatic heterocycles. The van der Waals surface area contributed by atoms with Gasteiger partial charge in [0, 0.05) is 55.4 Å². The number of carbonyl (C=O) groups excluding carboxylic acids is 1. The number of amides is 2. The molecule has 142 valence electrons. The standard InChI is InChI=1S/C22H22N4O2/c27-20-8-2-7-19-18-10-15(13-26(19)20)12-25(14-18)22(28)24-11-17-5-1-4-16-6-3-9-23-21(16)17/h1-9,15,18H,10-14H2,(H,24,28)/t15-,18+/m0/s1. The highest BCUT2D eigenvalue weighted by molar-refractivity contribution is 5.82. The van der Waals surface area contributed by atoms with Crippen molar-refractivity contribution in [2.24, 2.45) is 5.92 Å². The molecule has 2 bridgehead atoms. The summed E-state index contributed by atoms with van der Waals surface area (Å²) < 4.78 is 1.88. The lowest BCUT2D eigenvalue weighted by atomic mass is 9.83. The normalized spacial score (nSPS) is 20.6. The molecule has 0 saturated carbocycles. The minimum Gasteiger partial charge on any atom is -0.334 e. The molecule has 2 amide bonds. The number of benzene rings is 1. The molecule has 6 nitrogen and oxygen atoms in total. The van der Waals surface area contributed by atoms with Crippen molar-refractivity contribution < 1.29 is 4.79 Å². The Morgan fingerprint density at radius 1 is 1.07 bits per heavy atom. The summed E-state index contributed by atoms with van der Waals surface area (Å²) in [5, 5.41) is 4.14. The molecule has 3 aromatic rings. The Labute approximate surface area is 162 Å². The van der Waals surface area contributed by atoms with Crippen LogP contribution in [-0.2, 0) is 13.1 Å². The van der Waals surface area contributed by atoms with Crippen LogP contribution in [0.2, 0.25) is 0 Å². The van der Waals surface area contributed by atoms with Crippen molar-refractivity contribution >= 4 is 16.9 Å². The Balaban J connectivity index is 1.31. The Hall–Kier alpha value is -3.15. The zero-order valence-electron chi connectivity index (χ0n) is 15.5. The second-order valence-electron chi connectivity index (χ2n) is 7.75. The van der Waals surface area contributed by atoms with E-state index in [-0.39, 0.29) is 17.5 Å². The van der Waals surface area contributed by atoms with Crippen LogP contribution >= 0.6 is 0 Å². The van der Waals surface area contributed by atoms with Gasteiger partial charge in [0.2, 0.25) is 0 Å². The van der Waals surface area contributed by atoms with Gasteiger partial charge in [-0.15, -0.1) is 0 Å². The second kappa shape index (κ2) is 6.78. The van der Waals surface area contributed by atoms with E-state index in [1.54, 1.807) is 12.3 Å². The summed E-state index contributed by atoms with van der Waals surface area (Å²) in [6, 6.07) is 15.4. The Morgan fingerprint density at radius 2 is 1.93 bits per heavy atom. The lowest BCUT2D eigenvalue weighted by Crippen LogP contribution is -2.51. The van der Waals surface area contributed by atoms with Gasteiger partial charge < -0.3 is 14.8 Å². The molecular weight excluding hydrogens is 352 g/mol. The highest BCUT2D eigenvalue weighted by atomic mass is 16.2. The predicted octanol–water partition coefficient (Wildman–Crippen LogP) is 2.73. The number of para-hydroxylation sites is 1. The molecule has 0 aliphatic carbocycles. The van der Waals surface area contributed by atoms with E-state index in [0.717, 1.165) is 28.6 Å². The maximum absolute atomic E-state index is 12.8. The van der Waals surface area contributed by atoms with Gasteiger partial charge in [-0.3, -0.25) is 9.78 Å². The van der Waals surface area contributed by atoms with Crippen LogP contribution in [0.5, 0.6) is 0 Å². The first-order valence-electron chi connectivity index (χ1n) is 9.74. The third kappa shape index (κ3) is 2.95. The van der Waals surface area contributed by atoms with Gasteiger partial charge >= 0.3 is 6.03 Å². The predicted molar refractivity (Wildman–Crippen MR) is 107 cm³/mol. The molecule has 1 N–H and O–H groups in total. The fourth-order valence-corrected chi connectivity index (χ4v) is 4.65. The van der Waals surface area contributed by atoms with E-state index in [1.165, 1.54) is 0 Å². The average Bonchev–Trinajstić information content (AvgIpc) is 2.72. The highest BCUT2D eigenvalue weighted by Crippen LogP contribution is 2.34. The molecule has 2 aliphatic rings. The van der Waals surface area contributed by atoms with E-state index in [1.807, 2.05) is 51.9 Å². The number of carbonyl (C=O) groups is 1. The first-order chi connectivity index (χ1) is 13.7. The second-order valence-corrected chi connectivity index (χ2v) is 7.75. The van der Waals surface area contributed by atoms with Crippen molar-refractivity contribution in [3.63, 3.8) is 0 Å². The molecule has 5 rings (SSSR count). The summed E-state index contributed by atoms with van der Waals surface area (Å²) >= 11 is 0. The van der Waals surface area contributed by atoms with Crippen LogP contribution in [0.15, 0.2) is 59.5 Å². The van der Waals surface area contributed by atoms with Gasteiger partial charge in [-0.2, -0.15) is 0 Å². The van der Waals surface area contributed by atoms with Crippen LogP contribution in [0.25, 0.3) is 10.9 Å². The van der Waals surface area contributed by atoms with Gasteiger partial charge in [0.05, 0.1) is 5.52 Å². The largest absolute Gasteiger partial charge is 0.334 e.